The number of aromatic amines is 1. The second-order valence-electron chi connectivity index (χ2n) is 6.09. The van der Waals surface area contributed by atoms with Crippen LogP contribution in [0.4, 0.5) is 0 Å². The monoisotopic (exact) mass is 332 g/mol. The van der Waals surface area contributed by atoms with Gasteiger partial charge in [-0.1, -0.05) is 18.2 Å². The number of hydrogen-bond acceptors (Lipinski definition) is 3. The minimum atomic E-state index is -0.199. The standard InChI is InChI=1S/C20H20N4O/c1-13-18(14(2)24(23-13)15-8-5-4-6-9-15)19(25-3)17-12-22-20-16(17)10-7-11-21-20/h4-12,19H,1-3H3,(H,21,22). The van der Waals surface area contributed by atoms with Gasteiger partial charge in [-0.3, -0.25) is 0 Å². The van der Waals surface area contributed by atoms with E-state index in [-0.39, 0.29) is 6.10 Å². The number of ether oxygens (including phenoxy) is 1. The van der Waals surface area contributed by atoms with Gasteiger partial charge >= 0.3 is 0 Å². The molecule has 0 fully saturated rings. The second-order valence-corrected chi connectivity index (χ2v) is 6.09. The van der Waals surface area contributed by atoms with Crippen molar-refractivity contribution in [3.05, 3.63) is 77.4 Å². The zero-order valence-electron chi connectivity index (χ0n) is 14.5. The molecule has 3 heterocycles. The van der Waals surface area contributed by atoms with Crippen LogP contribution >= 0.6 is 0 Å². The lowest BCUT2D eigenvalue weighted by molar-refractivity contribution is 0.136. The second kappa shape index (κ2) is 6.18. The highest BCUT2D eigenvalue weighted by molar-refractivity contribution is 5.80. The van der Waals surface area contributed by atoms with Gasteiger partial charge in [0.25, 0.3) is 0 Å². The lowest BCUT2D eigenvalue weighted by Crippen LogP contribution is -2.06. The first kappa shape index (κ1) is 15.6. The van der Waals surface area contributed by atoms with E-state index in [2.05, 4.69) is 35.1 Å². The third-order valence-corrected chi connectivity index (χ3v) is 4.61. The molecule has 1 N–H and O–H groups in total. The smallest absolute Gasteiger partial charge is 0.137 e. The fourth-order valence-corrected chi connectivity index (χ4v) is 3.45. The molecule has 1 atom stereocenters. The van der Waals surface area contributed by atoms with Crippen molar-refractivity contribution in [3.63, 3.8) is 0 Å². The van der Waals surface area contributed by atoms with Crippen LogP contribution in [0.1, 0.15) is 28.6 Å². The molecule has 4 rings (SSSR count). The van der Waals surface area contributed by atoms with Crippen molar-refractivity contribution in [2.45, 2.75) is 20.0 Å². The Hall–Kier alpha value is -2.92. The number of pyridine rings is 1. The number of rotatable bonds is 4. The van der Waals surface area contributed by atoms with Crippen LogP contribution < -0.4 is 0 Å². The predicted octanol–water partition coefficient (Wildman–Crippen LogP) is 4.10. The summed E-state index contributed by atoms with van der Waals surface area (Å²) in [5.41, 5.74) is 6.12. The SMILES string of the molecule is COC(c1c(C)nn(-c2ccccc2)c1C)c1c[nH]c2ncccc12. The fourth-order valence-electron chi connectivity index (χ4n) is 3.45. The molecule has 1 unspecified atom stereocenters. The van der Waals surface area contributed by atoms with Gasteiger partial charge < -0.3 is 9.72 Å². The summed E-state index contributed by atoms with van der Waals surface area (Å²) in [6.45, 7) is 4.11. The maximum Gasteiger partial charge on any atom is 0.137 e. The summed E-state index contributed by atoms with van der Waals surface area (Å²) in [6.07, 6.45) is 3.56. The maximum absolute atomic E-state index is 5.90. The highest BCUT2D eigenvalue weighted by Crippen LogP contribution is 2.34. The van der Waals surface area contributed by atoms with E-state index in [4.69, 9.17) is 9.84 Å². The van der Waals surface area contributed by atoms with E-state index in [1.54, 1.807) is 13.3 Å². The third kappa shape index (κ3) is 2.53. The van der Waals surface area contributed by atoms with Crippen molar-refractivity contribution >= 4 is 11.0 Å². The fraction of sp³-hybridized carbons (Fsp3) is 0.200. The van der Waals surface area contributed by atoms with Crippen LogP contribution in [0.15, 0.2) is 54.9 Å². The number of H-pyrrole nitrogens is 1. The van der Waals surface area contributed by atoms with Crippen molar-refractivity contribution in [1.82, 2.24) is 19.7 Å². The van der Waals surface area contributed by atoms with Gasteiger partial charge in [0.15, 0.2) is 0 Å². The summed E-state index contributed by atoms with van der Waals surface area (Å²) in [5.74, 6) is 0. The van der Waals surface area contributed by atoms with Crippen molar-refractivity contribution < 1.29 is 4.74 Å². The normalized spacial score (nSPS) is 12.6. The van der Waals surface area contributed by atoms with Crippen LogP contribution in [0.3, 0.4) is 0 Å². The van der Waals surface area contributed by atoms with Crippen LogP contribution in [-0.2, 0) is 4.74 Å². The predicted molar refractivity (Wildman–Crippen MR) is 98.0 cm³/mol. The van der Waals surface area contributed by atoms with E-state index in [1.807, 2.05) is 42.1 Å². The molecule has 5 heteroatoms. The minimum absolute atomic E-state index is 0.199. The molecular formula is C20H20N4O. The molecule has 5 nitrogen and oxygen atoms in total. The van der Waals surface area contributed by atoms with Gasteiger partial charge in [0.2, 0.25) is 0 Å². The Morgan fingerprint density at radius 3 is 2.64 bits per heavy atom. The van der Waals surface area contributed by atoms with Crippen molar-refractivity contribution in [3.8, 4) is 5.69 Å². The summed E-state index contributed by atoms with van der Waals surface area (Å²) in [4.78, 5) is 7.61. The Balaban J connectivity index is 1.87. The van der Waals surface area contributed by atoms with Crippen LogP contribution in [0.2, 0.25) is 0 Å². The number of benzene rings is 1. The number of nitrogens with zero attached hydrogens (tertiary/aromatic N) is 3. The molecule has 3 aromatic heterocycles. The molecule has 0 saturated heterocycles. The number of fused-ring (bicyclic) bond motifs is 1. The van der Waals surface area contributed by atoms with Crippen LogP contribution in [0, 0.1) is 13.8 Å². The molecule has 1 aromatic carbocycles. The summed E-state index contributed by atoms with van der Waals surface area (Å²) in [5, 5.41) is 5.82. The first-order chi connectivity index (χ1) is 12.2. The molecular weight excluding hydrogens is 312 g/mol. The van der Waals surface area contributed by atoms with Crippen LogP contribution in [0.5, 0.6) is 0 Å². The molecule has 0 aliphatic rings. The Morgan fingerprint density at radius 1 is 1.08 bits per heavy atom. The number of hydrogen-bond donors (Lipinski definition) is 1. The molecule has 0 saturated carbocycles. The number of methoxy groups -OCH3 is 1. The first-order valence-corrected chi connectivity index (χ1v) is 8.27. The highest BCUT2D eigenvalue weighted by atomic mass is 16.5. The summed E-state index contributed by atoms with van der Waals surface area (Å²) >= 11 is 0. The van der Waals surface area contributed by atoms with Gasteiger partial charge in [-0.2, -0.15) is 5.10 Å². The molecule has 0 radical (unpaired) electrons. The van der Waals surface area contributed by atoms with Gasteiger partial charge in [0, 0.05) is 41.7 Å². The lowest BCUT2D eigenvalue weighted by atomic mass is 9.99. The first-order valence-electron chi connectivity index (χ1n) is 8.27. The average Bonchev–Trinajstić information content (AvgIpc) is 3.20. The molecule has 4 aromatic rings. The number of nitrogens with one attached hydrogen (secondary N) is 1. The summed E-state index contributed by atoms with van der Waals surface area (Å²) < 4.78 is 7.87. The topological polar surface area (TPSA) is 55.7 Å². The van der Waals surface area contributed by atoms with Gasteiger partial charge in [0.1, 0.15) is 11.8 Å². The highest BCUT2D eigenvalue weighted by Gasteiger charge is 2.25. The quantitative estimate of drug-likeness (QED) is 0.612. The van der Waals surface area contributed by atoms with Crippen molar-refractivity contribution in [2.75, 3.05) is 7.11 Å². The largest absolute Gasteiger partial charge is 0.372 e. The van der Waals surface area contributed by atoms with E-state index in [0.717, 1.165) is 39.2 Å². The van der Waals surface area contributed by atoms with E-state index in [0.29, 0.717) is 0 Å². The van der Waals surface area contributed by atoms with Crippen molar-refractivity contribution in [1.29, 1.82) is 0 Å². The Kier molecular flexibility index (Phi) is 3.86. The lowest BCUT2D eigenvalue weighted by Gasteiger charge is -2.16. The van der Waals surface area contributed by atoms with E-state index in [9.17, 15) is 0 Å². The van der Waals surface area contributed by atoms with Crippen LogP contribution in [-0.4, -0.2) is 26.9 Å². The zero-order valence-corrected chi connectivity index (χ0v) is 14.5. The number of aromatic nitrogens is 4. The van der Waals surface area contributed by atoms with Gasteiger partial charge in [-0.05, 0) is 38.1 Å². The van der Waals surface area contributed by atoms with Crippen LogP contribution in [0.25, 0.3) is 16.7 Å². The Bertz CT molecular complexity index is 1020. The van der Waals surface area contributed by atoms with E-state index in [1.165, 1.54) is 0 Å². The minimum Gasteiger partial charge on any atom is -0.372 e. The number of aryl methyl sites for hydroxylation is 1. The zero-order chi connectivity index (χ0) is 17.4. The molecule has 0 amide bonds. The van der Waals surface area contributed by atoms with E-state index < -0.39 is 0 Å². The number of para-hydroxylation sites is 1. The molecule has 126 valence electrons. The molecule has 0 bridgehead atoms. The molecule has 0 spiro atoms. The van der Waals surface area contributed by atoms with Crippen molar-refractivity contribution in [2.24, 2.45) is 0 Å². The average molecular weight is 332 g/mol. The summed E-state index contributed by atoms with van der Waals surface area (Å²) in [6, 6.07) is 14.2. The molecule has 0 aliphatic carbocycles. The molecule has 25 heavy (non-hydrogen) atoms. The Morgan fingerprint density at radius 2 is 1.88 bits per heavy atom. The van der Waals surface area contributed by atoms with E-state index >= 15 is 0 Å². The van der Waals surface area contributed by atoms with Gasteiger partial charge in [0.05, 0.1) is 11.4 Å². The van der Waals surface area contributed by atoms with Gasteiger partial charge in [-0.15, -0.1) is 0 Å². The molecule has 0 aliphatic heterocycles. The van der Waals surface area contributed by atoms with Gasteiger partial charge in [-0.25, -0.2) is 9.67 Å². The summed E-state index contributed by atoms with van der Waals surface area (Å²) in [7, 11) is 1.73. The third-order valence-electron chi connectivity index (χ3n) is 4.61. The Labute approximate surface area is 146 Å². The maximum atomic E-state index is 5.90.